The van der Waals surface area contributed by atoms with Crippen LogP contribution < -0.4 is 10.6 Å². The van der Waals surface area contributed by atoms with Crippen LogP contribution in [-0.4, -0.2) is 53.6 Å². The van der Waals surface area contributed by atoms with E-state index in [0.717, 1.165) is 31.5 Å². The molecule has 1 fully saturated rings. The van der Waals surface area contributed by atoms with Gasteiger partial charge in [0.2, 0.25) is 0 Å². The van der Waals surface area contributed by atoms with E-state index in [1.165, 1.54) is 25.6 Å². The number of carbonyl (C=O) groups is 1. The number of benzene rings is 1. The number of nitrogens with zero attached hydrogens (tertiary/aromatic N) is 3. The summed E-state index contributed by atoms with van der Waals surface area (Å²) in [4.78, 5) is 22.0. The molecule has 0 aliphatic heterocycles. The fraction of sp³-hybridized carbons (Fsp3) is 0.450. The summed E-state index contributed by atoms with van der Waals surface area (Å²) in [7, 11) is 3.37. The Bertz CT molecular complexity index is 845. The van der Waals surface area contributed by atoms with Crippen molar-refractivity contribution in [3.63, 3.8) is 0 Å². The minimum Gasteiger partial charge on any atom is -0.468 e. The summed E-state index contributed by atoms with van der Waals surface area (Å²) in [5.41, 5.74) is 0.648. The Labute approximate surface area is 174 Å². The average molecular weight is 422 g/mol. The Balaban J connectivity index is 1.53. The van der Waals surface area contributed by atoms with Crippen LogP contribution in [0.4, 0.5) is 21.7 Å². The van der Waals surface area contributed by atoms with Gasteiger partial charge in [-0.25, -0.2) is 14.4 Å². The first-order chi connectivity index (χ1) is 13.9. The van der Waals surface area contributed by atoms with Gasteiger partial charge in [0, 0.05) is 23.8 Å². The van der Waals surface area contributed by atoms with Crippen LogP contribution in [0.5, 0.6) is 0 Å². The molecule has 156 valence electrons. The first-order valence-corrected chi connectivity index (χ1v) is 9.90. The second-order valence-electron chi connectivity index (χ2n) is 7.18. The average Bonchev–Trinajstić information content (AvgIpc) is 2.71. The van der Waals surface area contributed by atoms with Crippen molar-refractivity contribution >= 4 is 34.9 Å². The van der Waals surface area contributed by atoms with Crippen LogP contribution in [0.1, 0.15) is 25.7 Å². The molecule has 1 aromatic heterocycles. The van der Waals surface area contributed by atoms with E-state index >= 15 is 0 Å². The third-order valence-electron chi connectivity index (χ3n) is 5.14. The maximum atomic E-state index is 13.3. The fourth-order valence-electron chi connectivity index (χ4n) is 3.49. The molecular weight excluding hydrogens is 397 g/mol. The van der Waals surface area contributed by atoms with Crippen molar-refractivity contribution in [2.24, 2.45) is 0 Å². The lowest BCUT2D eigenvalue weighted by Crippen LogP contribution is -2.41. The molecule has 1 saturated carbocycles. The van der Waals surface area contributed by atoms with E-state index in [9.17, 15) is 9.18 Å². The molecule has 2 N–H and O–H groups in total. The number of rotatable bonds is 7. The predicted molar refractivity (Wildman–Crippen MR) is 111 cm³/mol. The molecule has 7 nitrogen and oxygen atoms in total. The SMILES string of the molecule is COC(=O)CN(C)[C@H]1CC[C@H](Nc2cc(Nc3ccc(F)c(Cl)c3)ncn2)CC1. The molecule has 3 rings (SSSR count). The van der Waals surface area contributed by atoms with Gasteiger partial charge in [-0.3, -0.25) is 9.69 Å². The first-order valence-electron chi connectivity index (χ1n) is 9.52. The summed E-state index contributed by atoms with van der Waals surface area (Å²) in [5, 5.41) is 6.61. The molecule has 2 aromatic rings. The van der Waals surface area contributed by atoms with Crippen LogP contribution in [-0.2, 0) is 9.53 Å². The van der Waals surface area contributed by atoms with E-state index < -0.39 is 5.82 Å². The molecule has 29 heavy (non-hydrogen) atoms. The number of esters is 1. The monoisotopic (exact) mass is 421 g/mol. The fourth-order valence-corrected chi connectivity index (χ4v) is 3.67. The topological polar surface area (TPSA) is 79.4 Å². The predicted octanol–water partition coefficient (Wildman–Crippen LogP) is 3.84. The van der Waals surface area contributed by atoms with Gasteiger partial charge >= 0.3 is 5.97 Å². The highest BCUT2D eigenvalue weighted by Gasteiger charge is 2.25. The van der Waals surface area contributed by atoms with Gasteiger partial charge in [0.15, 0.2) is 0 Å². The molecule has 1 heterocycles. The number of carbonyl (C=O) groups excluding carboxylic acids is 1. The van der Waals surface area contributed by atoms with Crippen LogP contribution in [0, 0.1) is 5.82 Å². The number of nitrogens with one attached hydrogen (secondary N) is 2. The summed E-state index contributed by atoms with van der Waals surface area (Å²) in [6.45, 7) is 0.313. The maximum absolute atomic E-state index is 13.3. The summed E-state index contributed by atoms with van der Waals surface area (Å²) in [6, 6.07) is 6.91. The van der Waals surface area contributed by atoms with E-state index in [1.807, 2.05) is 13.1 Å². The van der Waals surface area contributed by atoms with E-state index in [-0.39, 0.29) is 11.0 Å². The first kappa shape index (κ1) is 21.3. The second kappa shape index (κ2) is 9.84. The van der Waals surface area contributed by atoms with E-state index in [1.54, 1.807) is 6.07 Å². The van der Waals surface area contributed by atoms with Crippen molar-refractivity contribution < 1.29 is 13.9 Å². The van der Waals surface area contributed by atoms with Crippen LogP contribution in [0.2, 0.25) is 5.02 Å². The van der Waals surface area contributed by atoms with Gasteiger partial charge in [0.1, 0.15) is 23.8 Å². The lowest BCUT2D eigenvalue weighted by molar-refractivity contribution is -0.142. The lowest BCUT2D eigenvalue weighted by Gasteiger charge is -2.34. The number of aromatic nitrogens is 2. The highest BCUT2D eigenvalue weighted by Crippen LogP contribution is 2.26. The Morgan fingerprint density at radius 3 is 2.66 bits per heavy atom. The van der Waals surface area contributed by atoms with Gasteiger partial charge < -0.3 is 15.4 Å². The highest BCUT2D eigenvalue weighted by atomic mass is 35.5. The van der Waals surface area contributed by atoms with Crippen molar-refractivity contribution in [3.8, 4) is 0 Å². The van der Waals surface area contributed by atoms with Gasteiger partial charge in [-0.05, 0) is 50.9 Å². The van der Waals surface area contributed by atoms with E-state index in [4.69, 9.17) is 16.3 Å². The summed E-state index contributed by atoms with van der Waals surface area (Å²) < 4.78 is 18.0. The summed E-state index contributed by atoms with van der Waals surface area (Å²) >= 11 is 5.82. The number of hydrogen-bond donors (Lipinski definition) is 2. The molecule has 0 bridgehead atoms. The number of halogens is 2. The molecule has 1 aliphatic rings. The summed E-state index contributed by atoms with van der Waals surface area (Å²) in [6.07, 6.45) is 5.43. The number of methoxy groups -OCH3 is 1. The Morgan fingerprint density at radius 2 is 1.97 bits per heavy atom. The minimum atomic E-state index is -0.463. The van der Waals surface area contributed by atoms with Gasteiger partial charge in [-0.1, -0.05) is 11.6 Å². The molecule has 0 unspecified atom stereocenters. The van der Waals surface area contributed by atoms with Crippen LogP contribution in [0.15, 0.2) is 30.6 Å². The molecule has 0 amide bonds. The van der Waals surface area contributed by atoms with Crippen molar-refractivity contribution in [2.45, 2.75) is 37.8 Å². The molecule has 1 aliphatic carbocycles. The van der Waals surface area contributed by atoms with Gasteiger partial charge in [-0.15, -0.1) is 0 Å². The molecular formula is C20H25ClFN5O2. The molecule has 0 radical (unpaired) electrons. The highest BCUT2D eigenvalue weighted by molar-refractivity contribution is 6.31. The molecule has 0 atom stereocenters. The third-order valence-corrected chi connectivity index (χ3v) is 5.43. The largest absolute Gasteiger partial charge is 0.468 e. The van der Waals surface area contributed by atoms with Crippen molar-refractivity contribution in [1.82, 2.24) is 14.9 Å². The maximum Gasteiger partial charge on any atom is 0.319 e. The zero-order valence-corrected chi connectivity index (χ0v) is 17.2. The number of anilines is 3. The smallest absolute Gasteiger partial charge is 0.319 e. The van der Waals surface area contributed by atoms with Gasteiger partial charge in [0.05, 0.1) is 18.7 Å². The van der Waals surface area contributed by atoms with Crippen LogP contribution >= 0.6 is 11.6 Å². The van der Waals surface area contributed by atoms with Gasteiger partial charge in [0.25, 0.3) is 0 Å². The van der Waals surface area contributed by atoms with E-state index in [2.05, 4.69) is 25.5 Å². The van der Waals surface area contributed by atoms with Crippen molar-refractivity contribution in [1.29, 1.82) is 0 Å². The van der Waals surface area contributed by atoms with E-state index in [0.29, 0.717) is 30.1 Å². The standard InChI is InChI=1S/C20H25ClFN5O2/c1-27(11-20(28)29-2)15-6-3-13(4-7-15)25-18-10-19(24-12-23-18)26-14-5-8-17(22)16(21)9-14/h5,8-10,12-13,15H,3-4,6-7,11H2,1-2H3,(H2,23,24,25,26)/t13-,15-. The van der Waals surface area contributed by atoms with Gasteiger partial charge in [-0.2, -0.15) is 0 Å². The molecule has 1 aromatic carbocycles. The molecule has 0 spiro atoms. The van der Waals surface area contributed by atoms with Crippen LogP contribution in [0.25, 0.3) is 0 Å². The quantitative estimate of drug-likeness (QED) is 0.657. The molecule has 0 saturated heterocycles. The normalized spacial score (nSPS) is 19.1. The minimum absolute atomic E-state index is 0.0522. The lowest BCUT2D eigenvalue weighted by atomic mass is 9.90. The Hall–Kier alpha value is -2.45. The Morgan fingerprint density at radius 1 is 1.24 bits per heavy atom. The zero-order valence-electron chi connectivity index (χ0n) is 16.5. The second-order valence-corrected chi connectivity index (χ2v) is 7.59. The Kier molecular flexibility index (Phi) is 7.22. The van der Waals surface area contributed by atoms with Crippen molar-refractivity contribution in [3.05, 3.63) is 41.4 Å². The third kappa shape index (κ3) is 6.01. The number of ether oxygens (including phenoxy) is 1. The summed E-state index contributed by atoms with van der Waals surface area (Å²) in [5.74, 6) is 0.644. The number of hydrogen-bond acceptors (Lipinski definition) is 7. The molecule has 9 heteroatoms. The zero-order chi connectivity index (χ0) is 20.8. The van der Waals surface area contributed by atoms with Crippen LogP contribution in [0.3, 0.4) is 0 Å². The van der Waals surface area contributed by atoms with Crippen molar-refractivity contribution in [2.75, 3.05) is 31.3 Å². The number of likely N-dealkylation sites (N-methyl/N-ethyl adjacent to an activating group) is 1.